The highest BCUT2D eigenvalue weighted by atomic mass is 15.0. The van der Waals surface area contributed by atoms with Crippen LogP contribution >= 0.6 is 0 Å². The fourth-order valence-electron chi connectivity index (χ4n) is 9.13. The van der Waals surface area contributed by atoms with Crippen LogP contribution in [-0.4, -0.2) is 15.0 Å². The fraction of sp³-hybridized carbons (Fsp3) is 0.261. The van der Waals surface area contributed by atoms with Crippen molar-refractivity contribution in [1.29, 1.82) is 5.26 Å². The smallest absolute Gasteiger partial charge is 0.164 e. The van der Waals surface area contributed by atoms with E-state index < -0.39 is 0 Å². The second-order valence-corrected chi connectivity index (χ2v) is 15.0. The molecule has 2 saturated carbocycles. The second kappa shape index (κ2) is 13.1. The number of hydrogen-bond donors (Lipinski definition) is 0. The van der Waals surface area contributed by atoms with Gasteiger partial charge in [-0.1, -0.05) is 92.7 Å². The van der Waals surface area contributed by atoms with Crippen LogP contribution in [-0.2, 0) is 5.41 Å². The lowest BCUT2D eigenvalue weighted by atomic mass is 9.54. The molecule has 5 aromatic carbocycles. The lowest BCUT2D eigenvalue weighted by Crippen LogP contribution is -2.42. The van der Waals surface area contributed by atoms with Gasteiger partial charge in [-0.05, 0) is 138 Å². The van der Waals surface area contributed by atoms with Crippen molar-refractivity contribution in [3.05, 3.63) is 138 Å². The molecular weight excluding hydrogens is 609 g/mol. The number of fused-ring (bicyclic) bond motifs is 2. The van der Waals surface area contributed by atoms with Crippen LogP contribution in [0.5, 0.6) is 0 Å². The summed E-state index contributed by atoms with van der Waals surface area (Å²) in [6.45, 7) is 7.21. The number of hydrogen-bond acceptors (Lipinski definition) is 4. The van der Waals surface area contributed by atoms with Gasteiger partial charge in [0.15, 0.2) is 17.5 Å². The van der Waals surface area contributed by atoms with Gasteiger partial charge >= 0.3 is 0 Å². The average Bonchev–Trinajstić information content (AvgIpc) is 3.14. The van der Waals surface area contributed by atoms with E-state index in [9.17, 15) is 5.26 Å². The molecule has 4 nitrogen and oxygen atoms in total. The Kier molecular flexibility index (Phi) is 8.37. The second-order valence-electron chi connectivity index (χ2n) is 15.0. The summed E-state index contributed by atoms with van der Waals surface area (Å²) >= 11 is 0. The molecule has 4 atom stereocenters. The maximum absolute atomic E-state index is 9.39. The molecular formula is C46H42N4. The van der Waals surface area contributed by atoms with Crippen LogP contribution in [0.1, 0.15) is 62.6 Å². The van der Waals surface area contributed by atoms with Gasteiger partial charge in [-0.2, -0.15) is 5.26 Å². The van der Waals surface area contributed by atoms with Crippen molar-refractivity contribution < 1.29 is 0 Å². The number of benzene rings is 5. The third kappa shape index (κ3) is 6.25. The Morgan fingerprint density at radius 1 is 0.560 bits per heavy atom. The van der Waals surface area contributed by atoms with E-state index in [4.69, 9.17) is 15.0 Å². The highest BCUT2D eigenvalue weighted by Crippen LogP contribution is 2.54. The molecule has 0 aliphatic heterocycles. The Labute approximate surface area is 296 Å². The molecule has 246 valence electrons. The molecule has 0 N–H and O–H groups in total. The van der Waals surface area contributed by atoms with Crippen molar-refractivity contribution in [3.63, 3.8) is 0 Å². The van der Waals surface area contributed by atoms with Crippen molar-refractivity contribution in [2.45, 2.75) is 58.3 Å². The van der Waals surface area contributed by atoms with Crippen molar-refractivity contribution in [1.82, 2.24) is 15.0 Å². The van der Waals surface area contributed by atoms with Crippen LogP contribution in [0.4, 0.5) is 0 Å². The molecule has 0 spiro atoms. The summed E-state index contributed by atoms with van der Waals surface area (Å²) in [5.41, 5.74) is 11.1. The minimum Gasteiger partial charge on any atom is -0.208 e. The van der Waals surface area contributed by atoms with Gasteiger partial charge in [0.25, 0.3) is 0 Å². The van der Waals surface area contributed by atoms with E-state index in [1.54, 1.807) is 0 Å². The van der Waals surface area contributed by atoms with Crippen molar-refractivity contribution in [2.24, 2.45) is 17.8 Å². The number of aromatic nitrogens is 3. The summed E-state index contributed by atoms with van der Waals surface area (Å²) in [4.78, 5) is 15.1. The molecule has 1 heterocycles. The lowest BCUT2D eigenvalue weighted by Gasteiger charge is -2.50. The monoisotopic (exact) mass is 650 g/mol. The average molecular weight is 651 g/mol. The Hall–Kier alpha value is -5.40. The Bertz CT molecular complexity index is 2180. The Morgan fingerprint density at radius 2 is 1.10 bits per heavy atom. The van der Waals surface area contributed by atoms with Gasteiger partial charge in [0.1, 0.15) is 0 Å². The highest BCUT2D eigenvalue weighted by Gasteiger charge is 2.45. The first-order valence-electron chi connectivity index (χ1n) is 18.0. The van der Waals surface area contributed by atoms with E-state index >= 15 is 0 Å². The number of nitrogens with zero attached hydrogens (tertiary/aromatic N) is 4. The van der Waals surface area contributed by atoms with E-state index in [-0.39, 0.29) is 0 Å². The van der Waals surface area contributed by atoms with Crippen LogP contribution in [0.3, 0.4) is 0 Å². The van der Waals surface area contributed by atoms with Gasteiger partial charge in [0.2, 0.25) is 0 Å². The van der Waals surface area contributed by atoms with E-state index in [0.717, 1.165) is 51.1 Å². The van der Waals surface area contributed by atoms with Crippen LogP contribution in [0, 0.1) is 36.0 Å². The SMILES string of the molecule is Cc1cc(C23C[C@H](C)C[C@H](C[C@H](C)C2)C3)ccc1-c1cc(-c2ccccc2)cc(-c2nc(-c3ccccc3)nc(-c3ccc(C#N)cc3)n2)c1. The van der Waals surface area contributed by atoms with E-state index in [1.165, 1.54) is 48.8 Å². The van der Waals surface area contributed by atoms with Crippen molar-refractivity contribution in [3.8, 4) is 62.5 Å². The highest BCUT2D eigenvalue weighted by molar-refractivity contribution is 5.81. The summed E-state index contributed by atoms with van der Waals surface area (Å²) in [6.07, 6.45) is 6.69. The number of nitriles is 1. The first-order chi connectivity index (χ1) is 24.4. The zero-order valence-electron chi connectivity index (χ0n) is 29.1. The molecule has 0 amide bonds. The zero-order chi connectivity index (χ0) is 34.2. The standard InChI is InChI=1S/C46H42N4/c1-30-20-34-21-31(2)27-46(26-30,28-34)41-18-19-42(32(3)22-41)39-23-38(35-10-6-4-7-11-35)24-40(25-39)45-49-43(36-12-8-5-9-13-36)48-44(50-45)37-16-14-33(29-47)15-17-37/h4-19,22-25,30-31,34H,20-21,26-28H2,1-3H3/t30-,31+,34-,46?. The van der Waals surface area contributed by atoms with Crippen LogP contribution in [0.15, 0.2) is 121 Å². The molecule has 8 rings (SSSR count). The third-order valence-electron chi connectivity index (χ3n) is 11.0. The molecule has 1 aromatic heterocycles. The Balaban J connectivity index is 1.27. The molecule has 6 aromatic rings. The largest absolute Gasteiger partial charge is 0.208 e. The first kappa shape index (κ1) is 31.8. The minimum atomic E-state index is 0.293. The lowest BCUT2D eigenvalue weighted by molar-refractivity contribution is 0.0780. The summed E-state index contributed by atoms with van der Waals surface area (Å²) < 4.78 is 0. The summed E-state index contributed by atoms with van der Waals surface area (Å²) in [5.74, 6) is 4.21. The Morgan fingerprint density at radius 3 is 1.70 bits per heavy atom. The van der Waals surface area contributed by atoms with Crippen LogP contribution < -0.4 is 0 Å². The predicted molar refractivity (Wildman–Crippen MR) is 203 cm³/mol. The summed E-state index contributed by atoms with van der Waals surface area (Å²) in [5, 5.41) is 9.39. The molecule has 50 heavy (non-hydrogen) atoms. The maximum atomic E-state index is 9.39. The normalized spacial score (nSPS) is 21.4. The van der Waals surface area contributed by atoms with E-state index in [0.29, 0.717) is 28.5 Å². The molecule has 1 unspecified atom stereocenters. The van der Waals surface area contributed by atoms with Gasteiger partial charge in [-0.3, -0.25) is 0 Å². The van der Waals surface area contributed by atoms with Gasteiger partial charge in [-0.25, -0.2) is 15.0 Å². The van der Waals surface area contributed by atoms with Crippen LogP contribution in [0.25, 0.3) is 56.4 Å². The fourth-order valence-corrected chi connectivity index (χ4v) is 9.13. The van der Waals surface area contributed by atoms with Crippen molar-refractivity contribution in [2.75, 3.05) is 0 Å². The zero-order valence-corrected chi connectivity index (χ0v) is 29.1. The minimum absolute atomic E-state index is 0.293. The van der Waals surface area contributed by atoms with Crippen molar-refractivity contribution >= 4 is 0 Å². The molecule has 2 fully saturated rings. The number of aryl methyl sites for hydroxylation is 1. The topological polar surface area (TPSA) is 62.5 Å². The number of rotatable bonds is 6. The quantitative estimate of drug-likeness (QED) is 0.180. The molecule has 2 aliphatic carbocycles. The van der Waals surface area contributed by atoms with Gasteiger partial charge in [0, 0.05) is 16.7 Å². The van der Waals surface area contributed by atoms with Crippen LogP contribution in [0.2, 0.25) is 0 Å². The van der Waals surface area contributed by atoms with Gasteiger partial charge < -0.3 is 0 Å². The first-order valence-corrected chi connectivity index (χ1v) is 18.0. The molecule has 2 bridgehead atoms. The predicted octanol–water partition coefficient (Wildman–Crippen LogP) is 11.5. The third-order valence-corrected chi connectivity index (χ3v) is 11.0. The van der Waals surface area contributed by atoms with E-state index in [1.807, 2.05) is 54.6 Å². The molecule has 4 heteroatoms. The van der Waals surface area contributed by atoms with E-state index in [2.05, 4.69) is 93.6 Å². The summed E-state index contributed by atoms with van der Waals surface area (Å²) in [7, 11) is 0. The maximum Gasteiger partial charge on any atom is 0.164 e. The van der Waals surface area contributed by atoms with Gasteiger partial charge in [0.05, 0.1) is 11.6 Å². The molecule has 0 radical (unpaired) electrons. The molecule has 2 aliphatic rings. The molecule has 0 saturated heterocycles. The van der Waals surface area contributed by atoms with Gasteiger partial charge in [-0.15, -0.1) is 0 Å². The summed E-state index contributed by atoms with van der Waals surface area (Å²) in [6, 6.07) is 44.3.